The monoisotopic (exact) mass is 437 g/mol. The number of nitrogens with zero attached hydrogens (tertiary/aromatic N) is 3. The number of hydrogen-bond donors (Lipinski definition) is 1. The van der Waals surface area contributed by atoms with Crippen LogP contribution < -0.4 is 4.90 Å². The van der Waals surface area contributed by atoms with Crippen LogP contribution in [0.3, 0.4) is 0 Å². The lowest BCUT2D eigenvalue weighted by molar-refractivity contribution is -0.149. The first-order chi connectivity index (χ1) is 13.8. The maximum Gasteiger partial charge on any atom is 0.251 e. The van der Waals surface area contributed by atoms with E-state index in [1.807, 2.05) is 0 Å². The fourth-order valence-corrected chi connectivity index (χ4v) is 4.12. The Morgan fingerprint density at radius 2 is 1.83 bits per heavy atom. The molecule has 2 aromatic rings. The smallest absolute Gasteiger partial charge is 0.251 e. The molecule has 1 saturated heterocycles. The van der Waals surface area contributed by atoms with Crippen molar-refractivity contribution in [2.75, 3.05) is 11.4 Å². The molecule has 0 unspecified atom stereocenters. The number of piperazine rings is 1. The van der Waals surface area contributed by atoms with Crippen molar-refractivity contribution in [3.05, 3.63) is 58.0 Å². The first-order valence-corrected chi connectivity index (χ1v) is 9.93. The average Bonchev–Trinajstić information content (AvgIpc) is 2.65. The van der Waals surface area contributed by atoms with Gasteiger partial charge in [0.1, 0.15) is 12.6 Å². The molecule has 2 aliphatic rings. The molecule has 2 amide bonds. The Balaban J connectivity index is 1.65. The summed E-state index contributed by atoms with van der Waals surface area (Å²) >= 11 is 11.7. The second-order valence-electron chi connectivity index (χ2n) is 7.36. The van der Waals surface area contributed by atoms with Crippen LogP contribution >= 0.6 is 23.2 Å². The van der Waals surface area contributed by atoms with E-state index in [0.717, 1.165) is 16.5 Å². The average molecular weight is 438 g/mol. The summed E-state index contributed by atoms with van der Waals surface area (Å²) in [5.74, 6) is -1.92. The van der Waals surface area contributed by atoms with E-state index in [2.05, 4.69) is 4.98 Å². The SMILES string of the molecule is O=C1[C@@H](C2CC(O)C2)N(Cc2ccc(Cl)cc2)C(=O)CN1c1ncc(Cl)cc1F. The number of carbonyl (C=O) groups is 2. The maximum atomic E-state index is 14.4. The Morgan fingerprint density at radius 3 is 2.45 bits per heavy atom. The summed E-state index contributed by atoms with van der Waals surface area (Å²) in [6.07, 6.45) is 1.55. The second-order valence-corrected chi connectivity index (χ2v) is 8.23. The minimum absolute atomic E-state index is 0.102. The van der Waals surface area contributed by atoms with Crippen molar-refractivity contribution in [2.24, 2.45) is 5.92 Å². The first kappa shape index (κ1) is 20.1. The Morgan fingerprint density at radius 1 is 1.14 bits per heavy atom. The molecule has 29 heavy (non-hydrogen) atoms. The van der Waals surface area contributed by atoms with Crippen molar-refractivity contribution in [3.8, 4) is 0 Å². The number of halogens is 3. The molecule has 1 aliphatic carbocycles. The van der Waals surface area contributed by atoms with Crippen LogP contribution in [-0.4, -0.2) is 45.5 Å². The summed E-state index contributed by atoms with van der Waals surface area (Å²) in [7, 11) is 0. The topological polar surface area (TPSA) is 73.7 Å². The number of benzene rings is 1. The molecule has 2 heterocycles. The van der Waals surface area contributed by atoms with E-state index in [-0.39, 0.29) is 35.8 Å². The van der Waals surface area contributed by atoms with Crippen LogP contribution in [0.25, 0.3) is 0 Å². The summed E-state index contributed by atoms with van der Waals surface area (Å²) in [5.41, 5.74) is 0.824. The van der Waals surface area contributed by atoms with Gasteiger partial charge >= 0.3 is 0 Å². The van der Waals surface area contributed by atoms with Crippen LogP contribution in [-0.2, 0) is 16.1 Å². The Hall–Kier alpha value is -2.22. The Bertz CT molecular complexity index is 950. The van der Waals surface area contributed by atoms with Crippen LogP contribution in [0.2, 0.25) is 10.0 Å². The zero-order chi connectivity index (χ0) is 20.7. The molecule has 9 heteroatoms. The minimum atomic E-state index is -0.799. The van der Waals surface area contributed by atoms with Crippen LogP contribution in [0.4, 0.5) is 10.2 Å². The van der Waals surface area contributed by atoms with Gasteiger partial charge in [0.2, 0.25) is 5.91 Å². The lowest BCUT2D eigenvalue weighted by Crippen LogP contribution is -2.64. The number of rotatable bonds is 4. The quantitative estimate of drug-likeness (QED) is 0.797. The predicted molar refractivity (Wildman–Crippen MR) is 106 cm³/mol. The third-order valence-electron chi connectivity index (χ3n) is 5.37. The largest absolute Gasteiger partial charge is 0.393 e. The van der Waals surface area contributed by atoms with Crippen molar-refractivity contribution < 1.29 is 19.1 Å². The molecule has 0 bridgehead atoms. The van der Waals surface area contributed by atoms with Crippen molar-refractivity contribution in [1.82, 2.24) is 9.88 Å². The number of carbonyl (C=O) groups excluding carboxylic acids is 2. The van der Waals surface area contributed by atoms with E-state index in [0.29, 0.717) is 17.9 Å². The fraction of sp³-hybridized carbons (Fsp3) is 0.350. The van der Waals surface area contributed by atoms with Crippen molar-refractivity contribution in [3.63, 3.8) is 0 Å². The normalized spacial score (nSPS) is 24.6. The molecule has 1 N–H and O–H groups in total. The van der Waals surface area contributed by atoms with Crippen molar-refractivity contribution in [2.45, 2.75) is 31.5 Å². The molecule has 1 aliphatic heterocycles. The summed E-state index contributed by atoms with van der Waals surface area (Å²) in [5, 5.41) is 10.4. The van der Waals surface area contributed by atoms with Gasteiger partial charge in [-0.2, -0.15) is 0 Å². The zero-order valence-electron chi connectivity index (χ0n) is 15.3. The molecule has 1 atom stereocenters. The van der Waals surface area contributed by atoms with E-state index < -0.39 is 23.9 Å². The van der Waals surface area contributed by atoms with Gasteiger partial charge in [-0.15, -0.1) is 0 Å². The highest BCUT2D eigenvalue weighted by molar-refractivity contribution is 6.30. The van der Waals surface area contributed by atoms with E-state index >= 15 is 0 Å². The van der Waals surface area contributed by atoms with Crippen LogP contribution in [0.1, 0.15) is 18.4 Å². The lowest BCUT2D eigenvalue weighted by Gasteiger charge is -2.47. The van der Waals surface area contributed by atoms with Gasteiger partial charge in [0, 0.05) is 17.8 Å². The van der Waals surface area contributed by atoms with Crippen molar-refractivity contribution in [1.29, 1.82) is 0 Å². The first-order valence-electron chi connectivity index (χ1n) is 9.18. The number of anilines is 1. The summed E-state index contributed by atoms with van der Waals surface area (Å²) in [6, 6.07) is 7.28. The molecule has 0 radical (unpaired) electrons. The maximum absolute atomic E-state index is 14.4. The number of amides is 2. The molecule has 0 spiro atoms. The molecule has 1 aromatic heterocycles. The molecular weight excluding hydrogens is 420 g/mol. The van der Waals surface area contributed by atoms with Gasteiger partial charge in [0.25, 0.3) is 5.91 Å². The van der Waals surface area contributed by atoms with Crippen LogP contribution in [0, 0.1) is 11.7 Å². The van der Waals surface area contributed by atoms with Gasteiger partial charge in [-0.3, -0.25) is 14.5 Å². The van der Waals surface area contributed by atoms with Gasteiger partial charge in [0.05, 0.1) is 11.1 Å². The van der Waals surface area contributed by atoms with Crippen LogP contribution in [0.15, 0.2) is 36.5 Å². The van der Waals surface area contributed by atoms with Crippen LogP contribution in [0.5, 0.6) is 0 Å². The van der Waals surface area contributed by atoms with Gasteiger partial charge in [-0.1, -0.05) is 35.3 Å². The number of aromatic nitrogens is 1. The van der Waals surface area contributed by atoms with E-state index in [1.54, 1.807) is 24.3 Å². The predicted octanol–water partition coefficient (Wildman–Crippen LogP) is 3.04. The zero-order valence-corrected chi connectivity index (χ0v) is 16.8. The van der Waals surface area contributed by atoms with Crippen molar-refractivity contribution >= 4 is 40.8 Å². The summed E-state index contributed by atoms with van der Waals surface area (Å²) in [6.45, 7) is -0.0902. The molecular formula is C20H18Cl2FN3O3. The third-order valence-corrected chi connectivity index (χ3v) is 5.83. The highest BCUT2D eigenvalue weighted by Crippen LogP contribution is 2.37. The summed E-state index contributed by atoms with van der Waals surface area (Å²) in [4.78, 5) is 32.8. The molecule has 1 aromatic carbocycles. The van der Waals surface area contributed by atoms with E-state index in [4.69, 9.17) is 23.2 Å². The van der Waals surface area contributed by atoms with Gasteiger partial charge in [-0.25, -0.2) is 9.37 Å². The number of pyridine rings is 1. The number of aliphatic hydroxyl groups excluding tert-OH is 1. The molecule has 2 fully saturated rings. The van der Waals surface area contributed by atoms with Gasteiger partial charge < -0.3 is 10.0 Å². The van der Waals surface area contributed by atoms with E-state index in [1.165, 1.54) is 11.1 Å². The molecule has 152 valence electrons. The molecule has 6 nitrogen and oxygen atoms in total. The Kier molecular flexibility index (Phi) is 5.46. The van der Waals surface area contributed by atoms with Gasteiger partial charge in [0.15, 0.2) is 11.6 Å². The standard InChI is InChI=1S/C20H18Cl2FN3O3/c21-13-3-1-11(2-4-13)9-25-17(28)10-26(19-16(23)7-14(22)8-24-19)20(29)18(25)12-5-15(27)6-12/h1-4,7-8,12,15,18,27H,5-6,9-10H2/t12?,15?,18-/m1/s1. The molecule has 4 rings (SSSR count). The summed E-state index contributed by atoms with van der Waals surface area (Å²) < 4.78 is 14.4. The highest BCUT2D eigenvalue weighted by atomic mass is 35.5. The minimum Gasteiger partial charge on any atom is -0.393 e. The fourth-order valence-electron chi connectivity index (χ4n) is 3.85. The molecule has 1 saturated carbocycles. The Labute approximate surface area is 176 Å². The third kappa shape index (κ3) is 3.95. The number of aliphatic hydroxyl groups is 1. The highest BCUT2D eigenvalue weighted by Gasteiger charge is 2.48. The lowest BCUT2D eigenvalue weighted by atomic mass is 9.75. The van der Waals surface area contributed by atoms with Gasteiger partial charge in [-0.05, 0) is 42.5 Å². The second kappa shape index (κ2) is 7.89. The number of hydrogen-bond acceptors (Lipinski definition) is 4. The van der Waals surface area contributed by atoms with E-state index in [9.17, 15) is 19.1 Å².